The summed E-state index contributed by atoms with van der Waals surface area (Å²) in [5, 5.41) is 5.00. The molecule has 33 heavy (non-hydrogen) atoms. The van der Waals surface area contributed by atoms with E-state index in [4.69, 9.17) is 21.3 Å². The zero-order chi connectivity index (χ0) is 22.6. The van der Waals surface area contributed by atoms with E-state index in [2.05, 4.69) is 15.2 Å². The molecule has 5 rings (SSSR count). The van der Waals surface area contributed by atoms with E-state index in [0.717, 1.165) is 60.1 Å². The fraction of sp³-hybridized carbons (Fsp3) is 0.231. The van der Waals surface area contributed by atoms with E-state index in [-0.39, 0.29) is 5.82 Å². The van der Waals surface area contributed by atoms with Crippen molar-refractivity contribution >= 4 is 39.7 Å². The molecule has 168 valence electrons. The van der Waals surface area contributed by atoms with Crippen LogP contribution >= 0.6 is 11.6 Å². The van der Waals surface area contributed by atoms with Gasteiger partial charge in [-0.3, -0.25) is 4.98 Å². The van der Waals surface area contributed by atoms with Crippen molar-refractivity contribution in [1.82, 2.24) is 9.97 Å². The van der Waals surface area contributed by atoms with Crippen LogP contribution in [0.15, 0.2) is 66.9 Å². The van der Waals surface area contributed by atoms with Gasteiger partial charge in [-0.1, -0.05) is 17.7 Å². The normalized spacial score (nSPS) is 13.9. The van der Waals surface area contributed by atoms with Gasteiger partial charge < -0.3 is 15.0 Å². The average Bonchev–Trinajstić information content (AvgIpc) is 2.85. The summed E-state index contributed by atoms with van der Waals surface area (Å²) in [4.78, 5) is 11.4. The Hall–Kier alpha value is -3.22. The summed E-state index contributed by atoms with van der Waals surface area (Å²) >= 11 is 6.09. The number of ether oxygens (including phenoxy) is 1. The molecule has 5 nitrogen and oxygen atoms in total. The quantitative estimate of drug-likeness (QED) is 0.393. The topological polar surface area (TPSA) is 50.3 Å². The van der Waals surface area contributed by atoms with E-state index < -0.39 is 0 Å². The SMILES string of the molecule is Fc1ccc(Nc2ccnc3cc(Cl)ccc23)cc1CCc1cccc(N2CCOCC2)n1. The first-order valence-electron chi connectivity index (χ1n) is 11.0. The molecule has 1 aliphatic rings. The molecule has 0 amide bonds. The monoisotopic (exact) mass is 462 g/mol. The number of aromatic nitrogens is 2. The van der Waals surface area contributed by atoms with Crippen molar-refractivity contribution in [1.29, 1.82) is 0 Å². The molecule has 4 aromatic rings. The first-order chi connectivity index (χ1) is 16.2. The molecule has 2 aromatic carbocycles. The van der Waals surface area contributed by atoms with Gasteiger partial charge in [-0.2, -0.15) is 0 Å². The molecule has 1 fully saturated rings. The first-order valence-corrected chi connectivity index (χ1v) is 11.4. The number of fused-ring (bicyclic) bond motifs is 1. The van der Waals surface area contributed by atoms with Crippen LogP contribution in [-0.2, 0) is 17.6 Å². The zero-order valence-electron chi connectivity index (χ0n) is 18.1. The van der Waals surface area contributed by atoms with E-state index in [1.165, 1.54) is 6.07 Å². The number of hydrogen-bond donors (Lipinski definition) is 1. The van der Waals surface area contributed by atoms with Crippen LogP contribution < -0.4 is 10.2 Å². The third-order valence-electron chi connectivity index (χ3n) is 5.81. The second-order valence-corrected chi connectivity index (χ2v) is 8.47. The summed E-state index contributed by atoms with van der Waals surface area (Å²) in [5.41, 5.74) is 4.13. The Kier molecular flexibility index (Phi) is 6.37. The molecule has 0 unspecified atom stereocenters. The molecule has 0 radical (unpaired) electrons. The number of anilines is 3. The Morgan fingerprint density at radius 2 is 1.88 bits per heavy atom. The van der Waals surface area contributed by atoms with Gasteiger partial charge in [0.05, 0.1) is 18.7 Å². The summed E-state index contributed by atoms with van der Waals surface area (Å²) in [6.07, 6.45) is 2.96. The van der Waals surface area contributed by atoms with Crippen molar-refractivity contribution in [2.45, 2.75) is 12.8 Å². The molecule has 2 aromatic heterocycles. The van der Waals surface area contributed by atoms with Crippen molar-refractivity contribution in [3.05, 3.63) is 89.0 Å². The predicted molar refractivity (Wildman–Crippen MR) is 131 cm³/mol. The molecule has 1 saturated heterocycles. The molecule has 1 N–H and O–H groups in total. The molecule has 0 aliphatic carbocycles. The molecule has 0 saturated carbocycles. The Labute approximate surface area is 197 Å². The summed E-state index contributed by atoms with van der Waals surface area (Å²) in [6.45, 7) is 3.12. The minimum absolute atomic E-state index is 0.212. The summed E-state index contributed by atoms with van der Waals surface area (Å²) in [7, 11) is 0. The fourth-order valence-electron chi connectivity index (χ4n) is 4.07. The van der Waals surface area contributed by atoms with Gasteiger partial charge in [0.1, 0.15) is 11.6 Å². The highest BCUT2D eigenvalue weighted by atomic mass is 35.5. The van der Waals surface area contributed by atoms with Gasteiger partial charge in [-0.15, -0.1) is 0 Å². The lowest BCUT2D eigenvalue weighted by molar-refractivity contribution is 0.122. The standard InChI is InChI=1S/C26H24ClFN4O/c27-19-5-8-22-24(10-11-29-25(22)17-19)30-21-7-9-23(28)18(16-21)4-6-20-2-1-3-26(31-20)32-12-14-33-15-13-32/h1-3,5,7-11,16-17H,4,6,12-15H2,(H,29,30). The van der Waals surface area contributed by atoms with Crippen LogP contribution in [0.2, 0.25) is 5.02 Å². The van der Waals surface area contributed by atoms with Gasteiger partial charge >= 0.3 is 0 Å². The van der Waals surface area contributed by atoms with E-state index in [1.807, 2.05) is 48.5 Å². The van der Waals surface area contributed by atoms with Crippen molar-refractivity contribution in [2.24, 2.45) is 0 Å². The zero-order valence-corrected chi connectivity index (χ0v) is 18.9. The van der Waals surface area contributed by atoms with E-state index >= 15 is 0 Å². The predicted octanol–water partition coefficient (Wildman–Crippen LogP) is 5.79. The smallest absolute Gasteiger partial charge is 0.128 e. The minimum Gasteiger partial charge on any atom is -0.378 e. The van der Waals surface area contributed by atoms with Crippen LogP contribution in [0.4, 0.5) is 21.6 Å². The maximum atomic E-state index is 14.6. The highest BCUT2D eigenvalue weighted by Gasteiger charge is 2.13. The molecule has 0 spiro atoms. The Balaban J connectivity index is 1.32. The lowest BCUT2D eigenvalue weighted by Gasteiger charge is -2.28. The van der Waals surface area contributed by atoms with E-state index in [1.54, 1.807) is 12.3 Å². The van der Waals surface area contributed by atoms with Gasteiger partial charge in [-0.25, -0.2) is 9.37 Å². The second kappa shape index (κ2) is 9.73. The van der Waals surface area contributed by atoms with Crippen LogP contribution in [0.5, 0.6) is 0 Å². The molecule has 3 heterocycles. The van der Waals surface area contributed by atoms with Crippen LogP contribution in [0.3, 0.4) is 0 Å². The van der Waals surface area contributed by atoms with Crippen LogP contribution in [-0.4, -0.2) is 36.3 Å². The molecule has 0 atom stereocenters. The highest BCUT2D eigenvalue weighted by molar-refractivity contribution is 6.31. The maximum Gasteiger partial charge on any atom is 0.128 e. The number of halogens is 2. The van der Waals surface area contributed by atoms with Crippen molar-refractivity contribution in [3.8, 4) is 0 Å². The number of morpholine rings is 1. The molecular weight excluding hydrogens is 439 g/mol. The first kappa shape index (κ1) is 21.6. The van der Waals surface area contributed by atoms with Gasteiger partial charge in [-0.05, 0) is 73.0 Å². The third-order valence-corrected chi connectivity index (χ3v) is 6.04. The van der Waals surface area contributed by atoms with Gasteiger partial charge in [0.15, 0.2) is 0 Å². The highest BCUT2D eigenvalue weighted by Crippen LogP contribution is 2.28. The van der Waals surface area contributed by atoms with Crippen LogP contribution in [0.1, 0.15) is 11.3 Å². The summed E-state index contributed by atoms with van der Waals surface area (Å²) in [5.74, 6) is 0.743. The van der Waals surface area contributed by atoms with Crippen molar-refractivity contribution in [2.75, 3.05) is 36.5 Å². The average molecular weight is 463 g/mol. The molecular formula is C26H24ClFN4O. The molecule has 0 bridgehead atoms. The van der Waals surface area contributed by atoms with Crippen LogP contribution in [0, 0.1) is 5.82 Å². The van der Waals surface area contributed by atoms with Gasteiger partial charge in [0.2, 0.25) is 0 Å². The maximum absolute atomic E-state index is 14.6. The number of pyridine rings is 2. The van der Waals surface area contributed by atoms with Gasteiger partial charge in [0.25, 0.3) is 0 Å². The number of hydrogen-bond acceptors (Lipinski definition) is 5. The van der Waals surface area contributed by atoms with E-state index in [9.17, 15) is 4.39 Å². The lowest BCUT2D eigenvalue weighted by atomic mass is 10.1. The summed E-state index contributed by atoms with van der Waals surface area (Å²) < 4.78 is 20.0. The number of rotatable bonds is 6. The number of benzene rings is 2. The number of nitrogens with one attached hydrogen (secondary N) is 1. The number of nitrogens with zero attached hydrogens (tertiary/aromatic N) is 3. The lowest BCUT2D eigenvalue weighted by Crippen LogP contribution is -2.36. The van der Waals surface area contributed by atoms with Crippen molar-refractivity contribution in [3.63, 3.8) is 0 Å². The third kappa shape index (κ3) is 5.07. The van der Waals surface area contributed by atoms with Gasteiger partial charge in [0, 0.05) is 46.8 Å². The second-order valence-electron chi connectivity index (χ2n) is 8.04. The Morgan fingerprint density at radius 3 is 2.76 bits per heavy atom. The van der Waals surface area contributed by atoms with Crippen molar-refractivity contribution < 1.29 is 9.13 Å². The van der Waals surface area contributed by atoms with Crippen LogP contribution in [0.25, 0.3) is 10.9 Å². The largest absolute Gasteiger partial charge is 0.378 e. The summed E-state index contributed by atoms with van der Waals surface area (Å²) in [6, 6.07) is 18.7. The number of aryl methyl sites for hydroxylation is 2. The minimum atomic E-state index is -0.212. The molecule has 7 heteroatoms. The Bertz CT molecular complexity index is 1280. The Morgan fingerprint density at radius 1 is 1.00 bits per heavy atom. The van der Waals surface area contributed by atoms with E-state index in [0.29, 0.717) is 23.4 Å². The fourth-order valence-corrected chi connectivity index (χ4v) is 4.23. The molecule has 1 aliphatic heterocycles.